The van der Waals surface area contributed by atoms with Crippen LogP contribution >= 0.6 is 8.30 Å². The number of nitriles is 1. The Balaban J connectivity index is 1.24. The minimum Gasteiger partial charge on any atom is -0.497 e. The summed E-state index contributed by atoms with van der Waals surface area (Å²) in [4.78, 5) is 41.0. The van der Waals surface area contributed by atoms with Crippen molar-refractivity contribution < 1.29 is 42.5 Å². The van der Waals surface area contributed by atoms with E-state index in [2.05, 4.69) is 53.7 Å². The topological polar surface area (TPSA) is 181 Å². The molecule has 1 N–H and O–H groups in total. The molecule has 69 heavy (non-hydrogen) atoms. The first-order chi connectivity index (χ1) is 33.2. The zero-order chi connectivity index (χ0) is 48.9. The van der Waals surface area contributed by atoms with Crippen molar-refractivity contribution in [3.8, 4) is 17.6 Å². The second-order valence-electron chi connectivity index (χ2n) is 18.2. The molecule has 0 saturated carbocycles. The maximum absolute atomic E-state index is 14.0. The van der Waals surface area contributed by atoms with Gasteiger partial charge in [-0.2, -0.15) is 5.26 Å². The summed E-state index contributed by atoms with van der Waals surface area (Å²) in [5.41, 5.74) is 0.113. The number of aromatic nitrogens is 4. The molecule has 16 nitrogen and oxygen atoms in total. The van der Waals surface area contributed by atoms with Crippen LogP contribution in [0.2, 0.25) is 0 Å². The number of ether oxygens (including phenoxy) is 6. The van der Waals surface area contributed by atoms with Crippen LogP contribution in [-0.4, -0.2) is 105 Å². The molecule has 0 radical (unpaired) electrons. The molecular formula is C52H58N7O9P. The summed E-state index contributed by atoms with van der Waals surface area (Å²) >= 11 is 0. The first-order valence-corrected chi connectivity index (χ1v) is 24.3. The number of rotatable bonds is 20. The van der Waals surface area contributed by atoms with Crippen molar-refractivity contribution in [2.45, 2.75) is 95.3 Å². The van der Waals surface area contributed by atoms with Gasteiger partial charge in [0.1, 0.15) is 61.3 Å². The minimum atomic E-state index is -1.76. The van der Waals surface area contributed by atoms with E-state index in [1.54, 1.807) is 63.2 Å². The lowest BCUT2D eigenvalue weighted by Gasteiger charge is -2.42. The lowest BCUT2D eigenvalue weighted by Crippen LogP contribution is -2.49. The van der Waals surface area contributed by atoms with Gasteiger partial charge in [0.25, 0.3) is 5.91 Å². The van der Waals surface area contributed by atoms with Gasteiger partial charge in [-0.25, -0.2) is 15.0 Å². The van der Waals surface area contributed by atoms with Crippen molar-refractivity contribution in [2.24, 2.45) is 0 Å². The largest absolute Gasteiger partial charge is 0.497 e. The summed E-state index contributed by atoms with van der Waals surface area (Å²) < 4.78 is 50.1. The molecule has 2 unspecified atom stereocenters. The fourth-order valence-electron chi connectivity index (χ4n) is 9.17. The Morgan fingerprint density at radius 1 is 0.870 bits per heavy atom. The summed E-state index contributed by atoms with van der Waals surface area (Å²) in [6.07, 6.45) is 0.412. The van der Waals surface area contributed by atoms with Gasteiger partial charge in [-0.3, -0.25) is 18.8 Å². The molecule has 8 rings (SSSR count). The lowest BCUT2D eigenvalue weighted by atomic mass is 9.79. The standard InChI is InChI=1S/C52H58N7O9P/c1-34(2)59(35(3)4)69(29-42(60)66-50(5,6)27-28-53)68-45-44-49(58-33-56-43-46(54-32-55-47(43)58)57-48(61)36-15-11-9-12-16-36)67-51(45,30-64-44)31-65-52(37-17-13-10-14-18-37,38-19-23-40(62-7)24-20-38)39-21-25-41(63-8)26-22-39/h9-26,32-35,44-45,49H,27,29-31H2,1-8H3,(H,54,55,57,61)/t44-,45?,49+,51+,69?/m0/s1. The van der Waals surface area contributed by atoms with Gasteiger partial charge >= 0.3 is 5.97 Å². The van der Waals surface area contributed by atoms with Crippen LogP contribution in [0.4, 0.5) is 5.82 Å². The molecular weight excluding hydrogens is 898 g/mol. The first-order valence-electron chi connectivity index (χ1n) is 22.9. The number of imidazole rings is 1. The summed E-state index contributed by atoms with van der Waals surface area (Å²) in [5.74, 6) is 0.732. The van der Waals surface area contributed by atoms with Crippen molar-refractivity contribution in [3.05, 3.63) is 144 Å². The number of carbonyl (C=O) groups is 2. The van der Waals surface area contributed by atoms with Crippen molar-refractivity contribution in [2.75, 3.05) is 38.9 Å². The van der Waals surface area contributed by atoms with Gasteiger partial charge in [0.2, 0.25) is 0 Å². The highest BCUT2D eigenvalue weighted by Crippen LogP contribution is 2.56. The molecule has 4 aromatic carbocycles. The second kappa shape index (κ2) is 20.7. The Bertz CT molecular complexity index is 2700. The number of carbonyl (C=O) groups excluding carboxylic acids is 2. The fourth-order valence-corrected chi connectivity index (χ4v) is 11.4. The fraction of sp³-hybridized carbons (Fsp3) is 0.385. The highest BCUT2D eigenvalue weighted by molar-refractivity contribution is 7.51. The predicted octanol–water partition coefficient (Wildman–Crippen LogP) is 8.82. The van der Waals surface area contributed by atoms with Crippen LogP contribution in [0.5, 0.6) is 11.5 Å². The van der Waals surface area contributed by atoms with Crippen LogP contribution in [0.3, 0.4) is 0 Å². The van der Waals surface area contributed by atoms with Gasteiger partial charge in [0, 0.05) is 17.6 Å². The Kier molecular flexibility index (Phi) is 14.8. The molecule has 6 aromatic rings. The normalized spacial score (nSPS) is 19.5. The first kappa shape index (κ1) is 49.1. The maximum Gasteiger partial charge on any atom is 0.314 e. The van der Waals surface area contributed by atoms with Gasteiger partial charge in [0.15, 0.2) is 23.2 Å². The molecule has 17 heteroatoms. The van der Waals surface area contributed by atoms with Crippen LogP contribution < -0.4 is 14.8 Å². The number of hydrogen-bond acceptors (Lipinski definition) is 14. The molecule has 2 saturated heterocycles. The predicted molar refractivity (Wildman–Crippen MR) is 260 cm³/mol. The van der Waals surface area contributed by atoms with E-state index in [0.717, 1.165) is 16.7 Å². The number of nitrogens with zero attached hydrogens (tertiary/aromatic N) is 6. The number of nitrogens with one attached hydrogen (secondary N) is 1. The molecule has 2 aromatic heterocycles. The van der Waals surface area contributed by atoms with Crippen molar-refractivity contribution in [1.29, 1.82) is 5.26 Å². The number of hydrogen-bond donors (Lipinski definition) is 1. The second-order valence-corrected chi connectivity index (χ2v) is 19.9. The van der Waals surface area contributed by atoms with Crippen molar-refractivity contribution in [3.63, 3.8) is 0 Å². The van der Waals surface area contributed by atoms with Crippen LogP contribution in [0.15, 0.2) is 122 Å². The van der Waals surface area contributed by atoms with Gasteiger partial charge in [-0.05, 0) is 94.6 Å². The average Bonchev–Trinajstić information content (AvgIpc) is 4.02. The summed E-state index contributed by atoms with van der Waals surface area (Å²) in [5, 5.41) is 12.4. The molecule has 2 aliphatic heterocycles. The van der Waals surface area contributed by atoms with E-state index >= 15 is 0 Å². The van der Waals surface area contributed by atoms with Gasteiger partial charge in [-0.1, -0.05) is 72.8 Å². The summed E-state index contributed by atoms with van der Waals surface area (Å²) in [7, 11) is 1.50. The molecule has 1 amide bonds. The molecule has 2 bridgehead atoms. The lowest BCUT2D eigenvalue weighted by molar-refractivity contribution is -0.201. The van der Waals surface area contributed by atoms with Crippen LogP contribution in [0.1, 0.15) is 81.2 Å². The summed E-state index contributed by atoms with van der Waals surface area (Å²) in [6, 6.07) is 36.4. The zero-order valence-electron chi connectivity index (χ0n) is 40.1. The van der Waals surface area contributed by atoms with Crippen LogP contribution in [0.25, 0.3) is 11.2 Å². The molecule has 0 aliphatic carbocycles. The van der Waals surface area contributed by atoms with Gasteiger partial charge in [0.05, 0.1) is 46.3 Å². The average molecular weight is 956 g/mol. The number of anilines is 1. The zero-order valence-corrected chi connectivity index (χ0v) is 41.0. The Hall–Kier alpha value is -6.31. The third-order valence-corrected chi connectivity index (χ3v) is 14.7. The summed E-state index contributed by atoms with van der Waals surface area (Å²) in [6.45, 7) is 11.7. The molecule has 2 aliphatic rings. The van der Waals surface area contributed by atoms with E-state index in [1.807, 2.05) is 84.9 Å². The molecule has 4 heterocycles. The number of methoxy groups -OCH3 is 2. The molecule has 0 spiro atoms. The smallest absolute Gasteiger partial charge is 0.314 e. The SMILES string of the molecule is COc1ccc(C(OC[C@]23CO[C@@H](C2OP(CC(=O)OC(C)(C)CC#N)N(C(C)C)C(C)C)[C@H](n2cnc4c(NC(=O)c5ccccc5)ncnc42)O3)(c2ccccc2)c2ccc(OC)cc2)cc1. The van der Waals surface area contributed by atoms with E-state index in [0.29, 0.717) is 28.2 Å². The highest BCUT2D eigenvalue weighted by Gasteiger charge is 2.65. The van der Waals surface area contributed by atoms with Crippen LogP contribution in [-0.2, 0) is 33.9 Å². The van der Waals surface area contributed by atoms with E-state index in [4.69, 9.17) is 37.9 Å². The van der Waals surface area contributed by atoms with Crippen LogP contribution in [0, 0.1) is 11.3 Å². The molecule has 2 fully saturated rings. The highest BCUT2D eigenvalue weighted by atomic mass is 31.2. The monoisotopic (exact) mass is 955 g/mol. The Morgan fingerprint density at radius 2 is 1.46 bits per heavy atom. The Morgan fingerprint density at radius 3 is 2.04 bits per heavy atom. The quantitative estimate of drug-likeness (QED) is 0.0435. The van der Waals surface area contributed by atoms with E-state index in [-0.39, 0.29) is 49.6 Å². The third-order valence-electron chi connectivity index (χ3n) is 12.3. The number of benzene rings is 4. The minimum absolute atomic E-state index is 0.0235. The molecule has 5 atom stereocenters. The van der Waals surface area contributed by atoms with Gasteiger partial charge in [-0.15, -0.1) is 0 Å². The van der Waals surface area contributed by atoms with Gasteiger partial charge < -0.3 is 38.3 Å². The number of fused-ring (bicyclic) bond motifs is 3. The third kappa shape index (κ3) is 10.1. The number of esters is 1. The van der Waals surface area contributed by atoms with Crippen molar-refractivity contribution >= 4 is 37.2 Å². The van der Waals surface area contributed by atoms with E-state index < -0.39 is 49.5 Å². The maximum atomic E-state index is 14.0. The molecule has 360 valence electrons. The number of amides is 1. The van der Waals surface area contributed by atoms with Crippen molar-refractivity contribution in [1.82, 2.24) is 24.2 Å². The Labute approximate surface area is 403 Å². The van der Waals surface area contributed by atoms with E-state index in [9.17, 15) is 14.9 Å². The van der Waals surface area contributed by atoms with E-state index in [1.165, 1.54) is 6.33 Å².